The van der Waals surface area contributed by atoms with Crippen molar-refractivity contribution >= 4 is 11.6 Å². The first-order valence-corrected chi connectivity index (χ1v) is 7.51. The lowest BCUT2D eigenvalue weighted by Crippen LogP contribution is -2.25. The number of nitrogens with one attached hydrogen (secondary N) is 2. The van der Waals surface area contributed by atoms with Crippen LogP contribution in [0.3, 0.4) is 0 Å². The number of halogens is 1. The number of hydrogen-bond acceptors (Lipinski definition) is 2. The summed E-state index contributed by atoms with van der Waals surface area (Å²) in [6, 6.07) is 0.531. The second-order valence-electron chi connectivity index (χ2n) is 4.98. The van der Waals surface area contributed by atoms with E-state index in [0.29, 0.717) is 11.2 Å². The first kappa shape index (κ1) is 15.5. The van der Waals surface area contributed by atoms with E-state index in [-0.39, 0.29) is 0 Å². The van der Waals surface area contributed by atoms with E-state index in [1.807, 2.05) is 0 Å². The third kappa shape index (κ3) is 5.40. The topological polar surface area (TPSA) is 40.7 Å². The molecule has 0 saturated carbocycles. The van der Waals surface area contributed by atoms with Crippen LogP contribution in [0.15, 0.2) is 0 Å². The predicted molar refractivity (Wildman–Crippen MR) is 78.0 cm³/mol. The number of nitrogens with zero attached hydrogens (tertiary/aromatic N) is 1. The SMILES string of the molecule is CCCCc1nc(Cl)c(CNC(C)CCCC)[nH]1. The summed E-state index contributed by atoms with van der Waals surface area (Å²) in [6.45, 7) is 7.40. The van der Waals surface area contributed by atoms with Gasteiger partial charge in [-0.25, -0.2) is 4.98 Å². The molecule has 1 rings (SSSR count). The highest BCUT2D eigenvalue weighted by Crippen LogP contribution is 2.14. The van der Waals surface area contributed by atoms with E-state index in [1.54, 1.807) is 0 Å². The van der Waals surface area contributed by atoms with Crippen molar-refractivity contribution in [2.45, 2.75) is 71.9 Å². The van der Waals surface area contributed by atoms with Crippen LogP contribution in [0.25, 0.3) is 0 Å². The minimum Gasteiger partial charge on any atom is -0.344 e. The van der Waals surface area contributed by atoms with Crippen molar-refractivity contribution in [1.29, 1.82) is 0 Å². The van der Waals surface area contributed by atoms with Gasteiger partial charge in [-0.3, -0.25) is 0 Å². The quantitative estimate of drug-likeness (QED) is 0.711. The Kier molecular flexibility index (Phi) is 7.36. The molecule has 1 unspecified atom stereocenters. The van der Waals surface area contributed by atoms with E-state index < -0.39 is 0 Å². The van der Waals surface area contributed by atoms with Crippen molar-refractivity contribution in [3.05, 3.63) is 16.7 Å². The molecule has 2 N–H and O–H groups in total. The van der Waals surface area contributed by atoms with E-state index in [4.69, 9.17) is 11.6 Å². The summed E-state index contributed by atoms with van der Waals surface area (Å²) in [6.07, 6.45) is 7.06. The highest BCUT2D eigenvalue weighted by molar-refractivity contribution is 6.30. The summed E-state index contributed by atoms with van der Waals surface area (Å²) in [5, 5.41) is 4.11. The van der Waals surface area contributed by atoms with Gasteiger partial charge in [0.05, 0.1) is 5.69 Å². The Labute approximate surface area is 116 Å². The summed E-state index contributed by atoms with van der Waals surface area (Å²) in [5.74, 6) is 1.01. The summed E-state index contributed by atoms with van der Waals surface area (Å²) < 4.78 is 0. The van der Waals surface area contributed by atoms with Crippen LogP contribution in [0.4, 0.5) is 0 Å². The molecule has 0 aromatic carbocycles. The van der Waals surface area contributed by atoms with Crippen molar-refractivity contribution in [2.75, 3.05) is 0 Å². The van der Waals surface area contributed by atoms with Crippen LogP contribution >= 0.6 is 11.6 Å². The van der Waals surface area contributed by atoms with Crippen LogP contribution < -0.4 is 5.32 Å². The Morgan fingerprint density at radius 1 is 1.28 bits per heavy atom. The van der Waals surface area contributed by atoms with Crippen LogP contribution in [-0.4, -0.2) is 16.0 Å². The van der Waals surface area contributed by atoms with Gasteiger partial charge in [-0.05, 0) is 19.8 Å². The number of unbranched alkanes of at least 4 members (excludes halogenated alkanes) is 2. The van der Waals surface area contributed by atoms with E-state index in [0.717, 1.165) is 30.9 Å². The fourth-order valence-electron chi connectivity index (χ4n) is 1.91. The monoisotopic (exact) mass is 271 g/mol. The molecule has 18 heavy (non-hydrogen) atoms. The third-order valence-electron chi connectivity index (χ3n) is 3.16. The standard InChI is InChI=1S/C14H26ClN3/c1-4-6-8-11(3)16-10-12-14(15)18-13(17-12)9-7-5-2/h11,16H,4-10H2,1-3H3,(H,17,18). The molecular formula is C14H26ClN3. The van der Waals surface area contributed by atoms with Crippen LogP contribution in [0.5, 0.6) is 0 Å². The van der Waals surface area contributed by atoms with Crippen LogP contribution in [0.2, 0.25) is 5.15 Å². The lowest BCUT2D eigenvalue weighted by Gasteiger charge is -2.12. The van der Waals surface area contributed by atoms with Crippen molar-refractivity contribution in [3.8, 4) is 0 Å². The van der Waals surface area contributed by atoms with Gasteiger partial charge in [0.2, 0.25) is 0 Å². The van der Waals surface area contributed by atoms with Gasteiger partial charge < -0.3 is 10.3 Å². The molecule has 1 aromatic rings. The second-order valence-corrected chi connectivity index (χ2v) is 5.34. The van der Waals surface area contributed by atoms with Gasteiger partial charge in [0, 0.05) is 19.0 Å². The van der Waals surface area contributed by atoms with Crippen LogP contribution in [0.1, 0.15) is 64.4 Å². The summed E-state index contributed by atoms with van der Waals surface area (Å²) in [5.41, 5.74) is 1.02. The maximum Gasteiger partial charge on any atom is 0.151 e. The van der Waals surface area contributed by atoms with Crippen molar-refractivity contribution < 1.29 is 0 Å². The fourth-order valence-corrected chi connectivity index (χ4v) is 2.12. The maximum atomic E-state index is 6.13. The summed E-state index contributed by atoms with van der Waals surface area (Å²) >= 11 is 6.13. The Balaban J connectivity index is 2.39. The lowest BCUT2D eigenvalue weighted by molar-refractivity contribution is 0.492. The van der Waals surface area contributed by atoms with Crippen LogP contribution in [-0.2, 0) is 13.0 Å². The van der Waals surface area contributed by atoms with E-state index >= 15 is 0 Å². The van der Waals surface area contributed by atoms with E-state index in [2.05, 4.69) is 36.1 Å². The van der Waals surface area contributed by atoms with Gasteiger partial charge in [0.1, 0.15) is 5.82 Å². The number of hydrogen-bond donors (Lipinski definition) is 2. The summed E-state index contributed by atoms with van der Waals surface area (Å²) in [4.78, 5) is 7.68. The highest BCUT2D eigenvalue weighted by Gasteiger charge is 2.09. The smallest absolute Gasteiger partial charge is 0.151 e. The molecule has 0 aliphatic rings. The Morgan fingerprint density at radius 3 is 2.67 bits per heavy atom. The molecule has 0 aliphatic heterocycles. The highest BCUT2D eigenvalue weighted by atomic mass is 35.5. The van der Waals surface area contributed by atoms with Gasteiger partial charge >= 0.3 is 0 Å². The largest absolute Gasteiger partial charge is 0.344 e. The molecule has 104 valence electrons. The molecule has 3 nitrogen and oxygen atoms in total. The van der Waals surface area contributed by atoms with E-state index in [1.165, 1.54) is 25.7 Å². The van der Waals surface area contributed by atoms with Gasteiger partial charge in [-0.1, -0.05) is 44.7 Å². The minimum absolute atomic E-state index is 0.531. The van der Waals surface area contributed by atoms with Gasteiger partial charge in [0.25, 0.3) is 0 Å². The Morgan fingerprint density at radius 2 is 2.00 bits per heavy atom. The first-order chi connectivity index (χ1) is 8.67. The molecule has 4 heteroatoms. The van der Waals surface area contributed by atoms with Gasteiger partial charge in [0.15, 0.2) is 5.15 Å². The second kappa shape index (κ2) is 8.54. The number of aryl methyl sites for hydroxylation is 1. The number of aromatic nitrogens is 2. The fraction of sp³-hybridized carbons (Fsp3) is 0.786. The first-order valence-electron chi connectivity index (χ1n) is 7.14. The van der Waals surface area contributed by atoms with Crippen molar-refractivity contribution in [3.63, 3.8) is 0 Å². The molecule has 0 fully saturated rings. The third-order valence-corrected chi connectivity index (χ3v) is 3.48. The van der Waals surface area contributed by atoms with E-state index in [9.17, 15) is 0 Å². The average Bonchev–Trinajstić information content (AvgIpc) is 2.72. The number of H-pyrrole nitrogens is 1. The molecule has 0 aliphatic carbocycles. The normalized spacial score (nSPS) is 12.9. The molecule has 1 atom stereocenters. The minimum atomic E-state index is 0.531. The zero-order valence-electron chi connectivity index (χ0n) is 11.9. The van der Waals surface area contributed by atoms with Crippen molar-refractivity contribution in [1.82, 2.24) is 15.3 Å². The van der Waals surface area contributed by atoms with Crippen molar-refractivity contribution in [2.24, 2.45) is 0 Å². The number of rotatable bonds is 9. The Bertz CT molecular complexity index is 336. The molecule has 1 aromatic heterocycles. The summed E-state index contributed by atoms with van der Waals surface area (Å²) in [7, 11) is 0. The molecule has 0 radical (unpaired) electrons. The predicted octanol–water partition coefficient (Wildman–Crippen LogP) is 4.07. The molecular weight excluding hydrogens is 246 g/mol. The lowest BCUT2D eigenvalue weighted by atomic mass is 10.1. The zero-order chi connectivity index (χ0) is 13.4. The molecule has 0 saturated heterocycles. The molecule has 0 spiro atoms. The van der Waals surface area contributed by atoms with Gasteiger partial charge in [-0.15, -0.1) is 0 Å². The number of imidazole rings is 1. The number of aromatic amines is 1. The Hall–Kier alpha value is -0.540. The molecule has 1 heterocycles. The van der Waals surface area contributed by atoms with Crippen LogP contribution in [0, 0.1) is 0 Å². The molecule has 0 amide bonds. The average molecular weight is 272 g/mol. The maximum absolute atomic E-state index is 6.13. The molecule has 0 bridgehead atoms. The zero-order valence-corrected chi connectivity index (χ0v) is 12.6. The van der Waals surface area contributed by atoms with Gasteiger partial charge in [-0.2, -0.15) is 0 Å².